The van der Waals surface area contributed by atoms with Crippen LogP contribution in [0, 0.1) is 13.8 Å². The monoisotopic (exact) mass is 444 g/mol. The van der Waals surface area contributed by atoms with Crippen molar-refractivity contribution in [2.45, 2.75) is 65.1 Å². The maximum atomic E-state index is 13.2. The average molecular weight is 445 g/mol. The second-order valence-electron chi connectivity index (χ2n) is 9.21. The van der Waals surface area contributed by atoms with Crippen LogP contribution < -0.4 is 15.2 Å². The van der Waals surface area contributed by atoms with Crippen LogP contribution in [0.15, 0.2) is 59.4 Å². The highest BCUT2D eigenvalue weighted by Gasteiger charge is 2.31. The predicted molar refractivity (Wildman–Crippen MR) is 131 cm³/mol. The molecule has 0 amide bonds. The predicted octanol–water partition coefficient (Wildman–Crippen LogP) is 5.74. The third-order valence-corrected chi connectivity index (χ3v) is 6.97. The molecule has 2 aliphatic rings. The van der Waals surface area contributed by atoms with Gasteiger partial charge in [-0.05, 0) is 63.1 Å². The lowest BCUT2D eigenvalue weighted by Gasteiger charge is -2.42. The molecule has 33 heavy (non-hydrogen) atoms. The summed E-state index contributed by atoms with van der Waals surface area (Å²) < 4.78 is 7.83. The van der Waals surface area contributed by atoms with Gasteiger partial charge in [-0.2, -0.15) is 0 Å². The second kappa shape index (κ2) is 9.40. The smallest absolute Gasteiger partial charge is 0.259 e. The van der Waals surface area contributed by atoms with E-state index in [9.17, 15) is 4.79 Å². The van der Waals surface area contributed by atoms with Crippen LogP contribution in [0.4, 0.5) is 11.6 Å². The van der Waals surface area contributed by atoms with Crippen LogP contribution in [-0.2, 0) is 6.67 Å². The maximum Gasteiger partial charge on any atom is 0.259 e. The van der Waals surface area contributed by atoms with Crippen molar-refractivity contribution < 1.29 is 4.74 Å². The molecule has 6 nitrogen and oxygen atoms in total. The van der Waals surface area contributed by atoms with Gasteiger partial charge in [0.25, 0.3) is 5.56 Å². The zero-order chi connectivity index (χ0) is 22.8. The number of aryl methyl sites for hydroxylation is 1. The normalized spacial score (nSPS) is 17.5. The lowest BCUT2D eigenvalue weighted by molar-refractivity contribution is 0.123. The number of nitrogens with zero attached hydrogens (tertiary/aromatic N) is 4. The molecular formula is C27H32N4O2. The fraction of sp³-hybridized carbons (Fsp3) is 0.407. The van der Waals surface area contributed by atoms with Gasteiger partial charge in [0.15, 0.2) is 0 Å². The zero-order valence-corrected chi connectivity index (χ0v) is 19.5. The van der Waals surface area contributed by atoms with Gasteiger partial charge in [0.05, 0.1) is 13.3 Å². The third-order valence-electron chi connectivity index (χ3n) is 6.97. The van der Waals surface area contributed by atoms with E-state index in [-0.39, 0.29) is 5.56 Å². The molecule has 0 radical (unpaired) electrons. The van der Waals surface area contributed by atoms with Gasteiger partial charge in [0.2, 0.25) is 5.95 Å². The molecule has 1 aliphatic heterocycles. The summed E-state index contributed by atoms with van der Waals surface area (Å²) in [6, 6.07) is 18.4. The lowest BCUT2D eigenvalue weighted by Crippen LogP contribution is -2.51. The molecule has 1 aromatic heterocycles. The van der Waals surface area contributed by atoms with Crippen molar-refractivity contribution in [1.29, 1.82) is 0 Å². The topological polar surface area (TPSA) is 50.6 Å². The van der Waals surface area contributed by atoms with Gasteiger partial charge in [-0.3, -0.25) is 19.2 Å². The number of fused-ring (bicyclic) bond motifs is 1. The molecule has 6 heteroatoms. The van der Waals surface area contributed by atoms with Gasteiger partial charge in [-0.25, -0.2) is 4.98 Å². The molecule has 0 bridgehead atoms. The van der Waals surface area contributed by atoms with Crippen LogP contribution in [-0.4, -0.2) is 27.2 Å². The summed E-state index contributed by atoms with van der Waals surface area (Å²) in [5.74, 6) is 2.32. The summed E-state index contributed by atoms with van der Waals surface area (Å²) in [6.07, 6.45) is 7.54. The highest BCUT2D eigenvalue weighted by Crippen LogP contribution is 2.33. The van der Waals surface area contributed by atoms with Crippen LogP contribution in [0.25, 0.3) is 0 Å². The van der Waals surface area contributed by atoms with Gasteiger partial charge >= 0.3 is 0 Å². The van der Waals surface area contributed by atoms with E-state index < -0.39 is 0 Å². The van der Waals surface area contributed by atoms with E-state index in [1.54, 1.807) is 0 Å². The van der Waals surface area contributed by atoms with Crippen LogP contribution in [0.5, 0.6) is 11.5 Å². The summed E-state index contributed by atoms with van der Waals surface area (Å²) in [6.45, 7) is 5.14. The van der Waals surface area contributed by atoms with Crippen molar-refractivity contribution in [3.05, 3.63) is 76.2 Å². The number of hydrogen-bond donors (Lipinski definition) is 0. The van der Waals surface area contributed by atoms with Crippen molar-refractivity contribution in [3.63, 3.8) is 0 Å². The molecule has 0 spiro atoms. The first-order valence-corrected chi connectivity index (χ1v) is 12.0. The zero-order valence-electron chi connectivity index (χ0n) is 19.5. The molecule has 0 saturated heterocycles. The van der Waals surface area contributed by atoms with Gasteiger partial charge in [-0.15, -0.1) is 0 Å². The van der Waals surface area contributed by atoms with E-state index >= 15 is 0 Å². The van der Waals surface area contributed by atoms with Gasteiger partial charge < -0.3 is 4.74 Å². The molecule has 1 fully saturated rings. The van der Waals surface area contributed by atoms with Crippen molar-refractivity contribution in [3.8, 4) is 11.5 Å². The minimum absolute atomic E-state index is 0.0600. The maximum absolute atomic E-state index is 13.2. The third kappa shape index (κ3) is 4.53. The fourth-order valence-corrected chi connectivity index (χ4v) is 4.92. The fourth-order valence-electron chi connectivity index (χ4n) is 4.92. The number of anilines is 2. The van der Waals surface area contributed by atoms with Crippen molar-refractivity contribution in [1.82, 2.24) is 14.5 Å². The molecule has 2 aromatic carbocycles. The molecule has 5 rings (SSSR count). The minimum atomic E-state index is 0.0600. The number of ether oxygens (including phenoxy) is 1. The van der Waals surface area contributed by atoms with Crippen LogP contribution in [0.3, 0.4) is 0 Å². The molecular weight excluding hydrogens is 412 g/mol. The van der Waals surface area contributed by atoms with Crippen molar-refractivity contribution in [2.24, 2.45) is 0 Å². The summed E-state index contributed by atoms with van der Waals surface area (Å²) in [4.78, 5) is 22.7. The number of para-hydroxylation sites is 1. The molecule has 3 aromatic rings. The van der Waals surface area contributed by atoms with Crippen LogP contribution >= 0.6 is 0 Å². The van der Waals surface area contributed by atoms with Gasteiger partial charge in [0, 0.05) is 23.0 Å². The Morgan fingerprint density at radius 2 is 1.52 bits per heavy atom. The Balaban J connectivity index is 1.48. The largest absolute Gasteiger partial charge is 0.457 e. The van der Waals surface area contributed by atoms with E-state index in [1.165, 1.54) is 38.5 Å². The molecule has 1 saturated carbocycles. The quantitative estimate of drug-likeness (QED) is 0.480. The first kappa shape index (κ1) is 21.7. The second-order valence-corrected chi connectivity index (χ2v) is 9.21. The molecule has 1 aliphatic carbocycles. The Hall–Kier alpha value is -3.12. The Morgan fingerprint density at radius 1 is 0.848 bits per heavy atom. The average Bonchev–Trinajstić information content (AvgIpc) is 3.13. The molecule has 172 valence electrons. The molecule has 2 heterocycles. The summed E-state index contributed by atoms with van der Waals surface area (Å²) >= 11 is 0. The van der Waals surface area contributed by atoms with Crippen molar-refractivity contribution >= 4 is 11.6 Å². The number of rotatable bonds is 4. The Kier molecular flexibility index (Phi) is 6.18. The van der Waals surface area contributed by atoms with Crippen molar-refractivity contribution in [2.75, 3.05) is 11.6 Å². The highest BCUT2D eigenvalue weighted by molar-refractivity contribution is 5.59. The Morgan fingerprint density at radius 3 is 2.21 bits per heavy atom. The molecule has 0 atom stereocenters. The minimum Gasteiger partial charge on any atom is -0.457 e. The van der Waals surface area contributed by atoms with Crippen LogP contribution in [0.1, 0.15) is 49.8 Å². The first-order valence-electron chi connectivity index (χ1n) is 12.0. The summed E-state index contributed by atoms with van der Waals surface area (Å²) in [7, 11) is 0. The van der Waals surface area contributed by atoms with E-state index in [4.69, 9.17) is 9.72 Å². The van der Waals surface area contributed by atoms with E-state index in [0.717, 1.165) is 41.1 Å². The summed E-state index contributed by atoms with van der Waals surface area (Å²) in [5.41, 5.74) is 2.60. The highest BCUT2D eigenvalue weighted by atomic mass is 16.5. The standard InChI is InChI=1S/C27H32N4O2/c1-20-21(2)28-27-30(23-14-16-25(17-15-23)33-24-12-8-5-9-13-24)18-29(19-31(27)26(20)32)22-10-6-3-4-7-11-22/h5,8-9,12-17,22H,3-4,6-7,10-11,18-19H2,1-2H3. The SMILES string of the molecule is Cc1nc2n(c(=O)c1C)CN(C1CCCCCC1)CN2c1ccc(Oc2ccccc2)cc1. The number of aromatic nitrogens is 2. The number of benzene rings is 2. The molecule has 0 N–H and O–H groups in total. The van der Waals surface area contributed by atoms with Gasteiger partial charge in [-0.1, -0.05) is 43.9 Å². The van der Waals surface area contributed by atoms with E-state index in [0.29, 0.717) is 12.7 Å². The Labute approximate surface area is 195 Å². The lowest BCUT2D eigenvalue weighted by atomic mass is 10.1. The number of hydrogen-bond acceptors (Lipinski definition) is 5. The van der Waals surface area contributed by atoms with Gasteiger partial charge in [0.1, 0.15) is 11.5 Å². The van der Waals surface area contributed by atoms with E-state index in [2.05, 4.69) is 21.9 Å². The first-order chi connectivity index (χ1) is 16.1. The van der Waals surface area contributed by atoms with Crippen LogP contribution in [0.2, 0.25) is 0 Å². The van der Waals surface area contributed by atoms with E-state index in [1.807, 2.05) is 60.9 Å². The summed E-state index contributed by atoms with van der Waals surface area (Å²) in [5, 5.41) is 0. The molecule has 0 unspecified atom stereocenters. The Bertz CT molecular complexity index is 1150.